The Labute approximate surface area is 145 Å². The van der Waals surface area contributed by atoms with Crippen molar-refractivity contribution >= 4 is 17.2 Å². The summed E-state index contributed by atoms with van der Waals surface area (Å²) in [6.45, 7) is 5.67. The number of hydrogen-bond acceptors (Lipinski definition) is 5. The second kappa shape index (κ2) is 6.84. The molecule has 128 valence electrons. The van der Waals surface area contributed by atoms with Crippen LogP contribution in [0.15, 0.2) is 22.3 Å². The number of carbonyl (C=O) groups is 1. The van der Waals surface area contributed by atoms with Gasteiger partial charge in [0.2, 0.25) is 0 Å². The van der Waals surface area contributed by atoms with Crippen molar-refractivity contribution in [3.63, 3.8) is 0 Å². The van der Waals surface area contributed by atoms with Crippen LogP contribution in [0.3, 0.4) is 0 Å². The van der Waals surface area contributed by atoms with E-state index < -0.39 is 0 Å². The van der Waals surface area contributed by atoms with E-state index in [0.29, 0.717) is 18.2 Å². The van der Waals surface area contributed by atoms with Crippen LogP contribution in [-0.2, 0) is 7.05 Å². The van der Waals surface area contributed by atoms with Crippen molar-refractivity contribution in [3.05, 3.63) is 44.3 Å². The number of nitrogens with zero attached hydrogens (tertiary/aromatic N) is 4. The Bertz CT molecular complexity index is 796. The highest BCUT2D eigenvalue weighted by atomic mass is 32.1. The smallest absolute Gasteiger partial charge is 0.274 e. The molecule has 0 unspecified atom stereocenters. The number of piperidine rings is 1. The number of amides is 1. The number of aryl methyl sites for hydroxylation is 1. The van der Waals surface area contributed by atoms with Gasteiger partial charge in [-0.25, -0.2) is 9.67 Å². The zero-order chi connectivity index (χ0) is 17.3. The molecule has 0 aliphatic carbocycles. The van der Waals surface area contributed by atoms with Crippen LogP contribution in [0.4, 0.5) is 0 Å². The molecule has 1 saturated heterocycles. The Morgan fingerprint density at radius 3 is 2.83 bits per heavy atom. The molecule has 7 heteroatoms. The summed E-state index contributed by atoms with van der Waals surface area (Å²) in [5, 5.41) is 7.31. The number of thiazole rings is 1. The second-order valence-electron chi connectivity index (χ2n) is 6.54. The van der Waals surface area contributed by atoms with Gasteiger partial charge in [0.1, 0.15) is 5.69 Å². The van der Waals surface area contributed by atoms with Crippen molar-refractivity contribution in [2.24, 2.45) is 7.05 Å². The van der Waals surface area contributed by atoms with Crippen LogP contribution in [0, 0.1) is 0 Å². The highest BCUT2D eigenvalue weighted by molar-refractivity contribution is 7.09. The summed E-state index contributed by atoms with van der Waals surface area (Å²) in [7, 11) is 1.56. The predicted molar refractivity (Wildman–Crippen MR) is 93.6 cm³/mol. The lowest BCUT2D eigenvalue weighted by atomic mass is 9.98. The molecule has 0 radical (unpaired) electrons. The maximum Gasteiger partial charge on any atom is 0.274 e. The van der Waals surface area contributed by atoms with Crippen molar-refractivity contribution in [3.8, 4) is 0 Å². The molecule has 3 heterocycles. The topological polar surface area (TPSA) is 68.1 Å². The lowest BCUT2D eigenvalue weighted by Crippen LogP contribution is -2.40. The molecule has 6 nitrogen and oxygen atoms in total. The summed E-state index contributed by atoms with van der Waals surface area (Å²) >= 11 is 1.69. The molecule has 1 atom stereocenters. The highest BCUT2D eigenvalue weighted by Crippen LogP contribution is 2.31. The van der Waals surface area contributed by atoms with Gasteiger partial charge in [0.15, 0.2) is 0 Å². The summed E-state index contributed by atoms with van der Waals surface area (Å²) in [4.78, 5) is 30.7. The molecule has 0 spiro atoms. The summed E-state index contributed by atoms with van der Waals surface area (Å²) in [5.41, 5.74) is 1.23. The van der Waals surface area contributed by atoms with Gasteiger partial charge in [-0.05, 0) is 24.8 Å². The van der Waals surface area contributed by atoms with Gasteiger partial charge in [0, 0.05) is 37.5 Å². The molecule has 1 aliphatic heterocycles. The molecule has 3 rings (SSSR count). The largest absolute Gasteiger partial charge is 0.337 e. The number of rotatable bonds is 3. The average Bonchev–Trinajstić information content (AvgIpc) is 3.07. The molecule has 0 bridgehead atoms. The van der Waals surface area contributed by atoms with Crippen molar-refractivity contribution in [1.82, 2.24) is 19.7 Å². The number of carbonyl (C=O) groups excluding carboxylic acids is 1. The van der Waals surface area contributed by atoms with Gasteiger partial charge in [-0.1, -0.05) is 13.8 Å². The SMILES string of the molecule is CC(C)c1csc([C@H]2CCCN(C(=O)c3ccc(=O)n(C)n3)C2)n1. The van der Waals surface area contributed by atoms with Gasteiger partial charge in [-0.2, -0.15) is 5.10 Å². The van der Waals surface area contributed by atoms with E-state index in [1.54, 1.807) is 18.4 Å². The molecule has 0 aromatic carbocycles. The van der Waals surface area contributed by atoms with Gasteiger partial charge in [0.25, 0.3) is 11.5 Å². The first-order valence-electron chi connectivity index (χ1n) is 8.24. The Kier molecular flexibility index (Phi) is 4.80. The zero-order valence-corrected chi connectivity index (χ0v) is 15.0. The van der Waals surface area contributed by atoms with Gasteiger partial charge in [0.05, 0.1) is 10.7 Å². The van der Waals surface area contributed by atoms with Gasteiger partial charge in [-0.3, -0.25) is 9.59 Å². The fraction of sp³-hybridized carbons (Fsp3) is 0.529. The van der Waals surface area contributed by atoms with E-state index in [9.17, 15) is 9.59 Å². The standard InChI is InChI=1S/C17H22N4O2S/c1-11(2)14-10-24-16(18-14)12-5-4-8-21(9-12)17(23)13-6-7-15(22)20(3)19-13/h6-7,10-12H,4-5,8-9H2,1-3H3/t12-/m0/s1. The molecule has 2 aromatic heterocycles. The number of hydrogen-bond donors (Lipinski definition) is 0. The van der Waals surface area contributed by atoms with Crippen LogP contribution in [0.2, 0.25) is 0 Å². The van der Waals surface area contributed by atoms with Gasteiger partial charge >= 0.3 is 0 Å². The van der Waals surface area contributed by atoms with E-state index in [4.69, 9.17) is 4.98 Å². The molecule has 1 aliphatic rings. The predicted octanol–water partition coefficient (Wildman–Crippen LogP) is 2.38. The fourth-order valence-electron chi connectivity index (χ4n) is 2.89. The molecular weight excluding hydrogens is 324 g/mol. The van der Waals surface area contributed by atoms with E-state index in [-0.39, 0.29) is 17.4 Å². The molecule has 1 fully saturated rings. The van der Waals surface area contributed by atoms with Gasteiger partial charge < -0.3 is 4.90 Å². The first kappa shape index (κ1) is 16.8. The van der Waals surface area contributed by atoms with Crippen LogP contribution in [0.25, 0.3) is 0 Å². The van der Waals surface area contributed by atoms with Crippen LogP contribution < -0.4 is 5.56 Å². The monoisotopic (exact) mass is 346 g/mol. The Hall–Kier alpha value is -2.02. The summed E-state index contributed by atoms with van der Waals surface area (Å²) in [6.07, 6.45) is 2.01. The second-order valence-corrected chi connectivity index (χ2v) is 7.43. The van der Waals surface area contributed by atoms with E-state index in [0.717, 1.165) is 30.1 Å². The molecule has 1 amide bonds. The van der Waals surface area contributed by atoms with Crippen LogP contribution >= 0.6 is 11.3 Å². The van der Waals surface area contributed by atoms with E-state index in [2.05, 4.69) is 24.3 Å². The van der Waals surface area contributed by atoms with Crippen LogP contribution in [-0.4, -0.2) is 38.7 Å². The van der Waals surface area contributed by atoms with E-state index in [1.165, 1.54) is 16.8 Å². The lowest BCUT2D eigenvalue weighted by Gasteiger charge is -2.31. The van der Waals surface area contributed by atoms with Crippen LogP contribution in [0.5, 0.6) is 0 Å². The Morgan fingerprint density at radius 1 is 1.38 bits per heavy atom. The maximum absolute atomic E-state index is 12.7. The Balaban J connectivity index is 1.75. The van der Waals surface area contributed by atoms with E-state index >= 15 is 0 Å². The minimum atomic E-state index is -0.216. The quantitative estimate of drug-likeness (QED) is 0.856. The first-order chi connectivity index (χ1) is 11.5. The first-order valence-corrected chi connectivity index (χ1v) is 9.12. The van der Waals surface area contributed by atoms with E-state index in [1.807, 2.05) is 4.90 Å². The van der Waals surface area contributed by atoms with Crippen molar-refractivity contribution in [2.75, 3.05) is 13.1 Å². The number of aromatic nitrogens is 3. The third kappa shape index (κ3) is 3.40. The zero-order valence-electron chi connectivity index (χ0n) is 14.2. The average molecular weight is 346 g/mol. The summed E-state index contributed by atoms with van der Waals surface area (Å²) in [6, 6.07) is 2.89. The minimum Gasteiger partial charge on any atom is -0.337 e. The summed E-state index contributed by atoms with van der Waals surface area (Å²) < 4.78 is 1.20. The minimum absolute atomic E-state index is 0.115. The lowest BCUT2D eigenvalue weighted by molar-refractivity contribution is 0.0698. The molecule has 0 N–H and O–H groups in total. The third-order valence-corrected chi connectivity index (χ3v) is 5.39. The Morgan fingerprint density at radius 2 is 2.17 bits per heavy atom. The molecule has 0 saturated carbocycles. The normalized spacial score (nSPS) is 18.2. The van der Waals surface area contributed by atoms with Gasteiger partial charge in [-0.15, -0.1) is 11.3 Å². The summed E-state index contributed by atoms with van der Waals surface area (Å²) in [5.74, 6) is 0.592. The van der Waals surface area contributed by atoms with Crippen LogP contribution in [0.1, 0.15) is 59.7 Å². The molecular formula is C17H22N4O2S. The van der Waals surface area contributed by atoms with Crippen molar-refractivity contribution < 1.29 is 4.79 Å². The van der Waals surface area contributed by atoms with Crippen molar-refractivity contribution in [2.45, 2.75) is 38.5 Å². The molecule has 2 aromatic rings. The highest BCUT2D eigenvalue weighted by Gasteiger charge is 2.28. The maximum atomic E-state index is 12.7. The van der Waals surface area contributed by atoms with Crippen molar-refractivity contribution in [1.29, 1.82) is 0 Å². The molecule has 24 heavy (non-hydrogen) atoms. The number of likely N-dealkylation sites (tertiary alicyclic amines) is 1. The fourth-order valence-corrected chi connectivity index (χ4v) is 4.00. The third-order valence-electron chi connectivity index (χ3n) is 4.37.